The van der Waals surface area contributed by atoms with Crippen LogP contribution in [-0.4, -0.2) is 11.2 Å². The van der Waals surface area contributed by atoms with Crippen LogP contribution in [0.5, 0.6) is 0 Å². The van der Waals surface area contributed by atoms with Gasteiger partial charge in [0.05, 0.1) is 6.10 Å². The molecule has 11 heavy (non-hydrogen) atoms. The van der Waals surface area contributed by atoms with Gasteiger partial charge in [-0.2, -0.15) is 0 Å². The topological polar surface area (TPSA) is 20.2 Å². The zero-order valence-electron chi connectivity index (χ0n) is 7.29. The first-order chi connectivity index (χ1) is 5.30. The van der Waals surface area contributed by atoms with E-state index in [9.17, 15) is 5.11 Å². The molecule has 2 unspecified atom stereocenters. The maximum atomic E-state index is 9.37. The third-order valence-electron chi connectivity index (χ3n) is 2.50. The lowest BCUT2D eigenvalue weighted by Crippen LogP contribution is -2.16. The van der Waals surface area contributed by atoms with Crippen LogP contribution in [0.2, 0.25) is 0 Å². The SMILES string of the molecule is CC(O)C1CC/C=C\CCC1. The van der Waals surface area contributed by atoms with Crippen LogP contribution in [-0.2, 0) is 0 Å². The fraction of sp³-hybridized carbons (Fsp3) is 0.800. The molecule has 0 fully saturated rings. The highest BCUT2D eigenvalue weighted by atomic mass is 16.3. The van der Waals surface area contributed by atoms with E-state index >= 15 is 0 Å². The van der Waals surface area contributed by atoms with Crippen LogP contribution < -0.4 is 0 Å². The van der Waals surface area contributed by atoms with Gasteiger partial charge in [0.25, 0.3) is 0 Å². The molecule has 1 aliphatic carbocycles. The van der Waals surface area contributed by atoms with Crippen LogP contribution in [0.1, 0.15) is 39.0 Å². The quantitative estimate of drug-likeness (QED) is 0.575. The Labute approximate surface area is 69.1 Å². The molecule has 0 aromatic rings. The maximum Gasteiger partial charge on any atom is 0.0540 e. The van der Waals surface area contributed by atoms with E-state index in [4.69, 9.17) is 0 Å². The summed E-state index contributed by atoms with van der Waals surface area (Å²) in [6, 6.07) is 0. The van der Waals surface area contributed by atoms with E-state index in [2.05, 4.69) is 12.2 Å². The third-order valence-corrected chi connectivity index (χ3v) is 2.50. The van der Waals surface area contributed by atoms with Crippen LogP contribution in [0.25, 0.3) is 0 Å². The summed E-state index contributed by atoms with van der Waals surface area (Å²) in [6.07, 6.45) is 10.3. The lowest BCUT2D eigenvalue weighted by atomic mass is 9.90. The minimum absolute atomic E-state index is 0.110. The summed E-state index contributed by atoms with van der Waals surface area (Å²) in [5.41, 5.74) is 0. The van der Waals surface area contributed by atoms with Gasteiger partial charge in [-0.1, -0.05) is 12.2 Å². The Hall–Kier alpha value is -0.300. The molecule has 0 amide bonds. The van der Waals surface area contributed by atoms with Gasteiger partial charge in [-0.15, -0.1) is 0 Å². The Balaban J connectivity index is 2.35. The Morgan fingerprint density at radius 1 is 1.27 bits per heavy atom. The average molecular weight is 154 g/mol. The number of allylic oxidation sites excluding steroid dienone is 2. The second-order valence-corrected chi connectivity index (χ2v) is 3.48. The van der Waals surface area contributed by atoms with Crippen molar-refractivity contribution in [2.75, 3.05) is 0 Å². The van der Waals surface area contributed by atoms with Crippen molar-refractivity contribution in [2.24, 2.45) is 5.92 Å². The van der Waals surface area contributed by atoms with Crippen LogP contribution in [0, 0.1) is 5.92 Å². The van der Waals surface area contributed by atoms with E-state index in [1.807, 2.05) is 6.92 Å². The van der Waals surface area contributed by atoms with Gasteiger partial charge >= 0.3 is 0 Å². The molecule has 0 heterocycles. The third kappa shape index (κ3) is 3.06. The van der Waals surface area contributed by atoms with Crippen molar-refractivity contribution >= 4 is 0 Å². The van der Waals surface area contributed by atoms with Crippen molar-refractivity contribution in [1.82, 2.24) is 0 Å². The summed E-state index contributed by atoms with van der Waals surface area (Å²) in [4.78, 5) is 0. The van der Waals surface area contributed by atoms with Crippen molar-refractivity contribution < 1.29 is 5.11 Å². The van der Waals surface area contributed by atoms with Gasteiger partial charge in [-0.3, -0.25) is 0 Å². The normalized spacial score (nSPS) is 32.0. The number of rotatable bonds is 1. The Morgan fingerprint density at radius 3 is 2.73 bits per heavy atom. The summed E-state index contributed by atoms with van der Waals surface area (Å²) in [6.45, 7) is 1.91. The van der Waals surface area contributed by atoms with Crippen molar-refractivity contribution in [1.29, 1.82) is 0 Å². The molecular weight excluding hydrogens is 136 g/mol. The highest BCUT2D eigenvalue weighted by molar-refractivity contribution is 4.85. The molecular formula is C10H18O. The standard InChI is InChI=1S/C10H18O/c1-9(11)10-7-5-3-2-4-6-8-10/h2-3,9-11H,4-8H2,1H3/b3-2-. The maximum absolute atomic E-state index is 9.37. The second-order valence-electron chi connectivity index (χ2n) is 3.48. The molecule has 0 bridgehead atoms. The predicted molar refractivity (Wildman–Crippen MR) is 47.4 cm³/mol. The van der Waals surface area contributed by atoms with Gasteiger partial charge in [0.1, 0.15) is 0 Å². The van der Waals surface area contributed by atoms with Gasteiger partial charge in [-0.05, 0) is 44.9 Å². The van der Waals surface area contributed by atoms with Crippen molar-refractivity contribution in [2.45, 2.75) is 45.1 Å². The van der Waals surface area contributed by atoms with Crippen LogP contribution in [0.3, 0.4) is 0 Å². The molecule has 1 nitrogen and oxygen atoms in total. The molecule has 0 aromatic heterocycles. The molecule has 1 heteroatoms. The molecule has 0 spiro atoms. The highest BCUT2D eigenvalue weighted by Crippen LogP contribution is 2.21. The molecule has 0 saturated carbocycles. The van der Waals surface area contributed by atoms with E-state index in [0.717, 1.165) is 12.8 Å². The van der Waals surface area contributed by atoms with Gasteiger partial charge in [0.2, 0.25) is 0 Å². The highest BCUT2D eigenvalue weighted by Gasteiger charge is 2.13. The summed E-state index contributed by atoms with van der Waals surface area (Å²) in [5.74, 6) is 0.542. The molecule has 0 radical (unpaired) electrons. The van der Waals surface area contributed by atoms with Crippen LogP contribution >= 0.6 is 0 Å². The van der Waals surface area contributed by atoms with Gasteiger partial charge in [0, 0.05) is 0 Å². The molecule has 0 aromatic carbocycles. The molecule has 64 valence electrons. The Bertz CT molecular complexity index is 127. The summed E-state index contributed by atoms with van der Waals surface area (Å²) < 4.78 is 0. The second kappa shape index (κ2) is 4.55. The van der Waals surface area contributed by atoms with E-state index in [0.29, 0.717) is 5.92 Å². The van der Waals surface area contributed by atoms with Crippen LogP contribution in [0.4, 0.5) is 0 Å². The average Bonchev–Trinajstić information content (AvgIpc) is 1.84. The van der Waals surface area contributed by atoms with Crippen molar-refractivity contribution in [3.63, 3.8) is 0 Å². The van der Waals surface area contributed by atoms with E-state index in [1.165, 1.54) is 19.3 Å². The molecule has 0 saturated heterocycles. The largest absolute Gasteiger partial charge is 0.393 e. The summed E-state index contributed by atoms with van der Waals surface area (Å²) >= 11 is 0. The first-order valence-corrected chi connectivity index (χ1v) is 4.64. The summed E-state index contributed by atoms with van der Waals surface area (Å²) in [7, 11) is 0. The molecule has 1 rings (SSSR count). The minimum atomic E-state index is -0.110. The Morgan fingerprint density at radius 2 is 2.00 bits per heavy atom. The fourth-order valence-corrected chi connectivity index (χ4v) is 1.67. The van der Waals surface area contributed by atoms with Gasteiger partial charge < -0.3 is 5.11 Å². The Kier molecular flexibility index (Phi) is 3.64. The van der Waals surface area contributed by atoms with Gasteiger partial charge in [0.15, 0.2) is 0 Å². The molecule has 1 aliphatic rings. The summed E-state index contributed by atoms with van der Waals surface area (Å²) in [5, 5.41) is 9.37. The number of aliphatic hydroxyl groups excluding tert-OH is 1. The zero-order chi connectivity index (χ0) is 8.10. The lowest BCUT2D eigenvalue weighted by Gasteiger charge is -2.19. The lowest BCUT2D eigenvalue weighted by molar-refractivity contribution is 0.113. The molecule has 1 N–H and O–H groups in total. The smallest absolute Gasteiger partial charge is 0.0540 e. The van der Waals surface area contributed by atoms with E-state index in [-0.39, 0.29) is 6.10 Å². The van der Waals surface area contributed by atoms with Crippen molar-refractivity contribution in [3.05, 3.63) is 12.2 Å². The van der Waals surface area contributed by atoms with Crippen molar-refractivity contribution in [3.8, 4) is 0 Å². The van der Waals surface area contributed by atoms with E-state index < -0.39 is 0 Å². The molecule has 2 atom stereocenters. The van der Waals surface area contributed by atoms with E-state index in [1.54, 1.807) is 0 Å². The number of hydrogen-bond donors (Lipinski definition) is 1. The number of aliphatic hydroxyl groups is 1. The zero-order valence-corrected chi connectivity index (χ0v) is 7.29. The van der Waals surface area contributed by atoms with Gasteiger partial charge in [-0.25, -0.2) is 0 Å². The number of hydrogen-bond acceptors (Lipinski definition) is 1. The first kappa shape index (κ1) is 8.79. The molecule has 0 aliphatic heterocycles. The first-order valence-electron chi connectivity index (χ1n) is 4.64. The monoisotopic (exact) mass is 154 g/mol. The van der Waals surface area contributed by atoms with Crippen LogP contribution in [0.15, 0.2) is 12.2 Å². The minimum Gasteiger partial charge on any atom is -0.393 e. The fourth-order valence-electron chi connectivity index (χ4n) is 1.67. The predicted octanol–water partition coefficient (Wildman–Crippen LogP) is 2.50.